The molecule has 1 rings (SSSR count). The summed E-state index contributed by atoms with van der Waals surface area (Å²) in [5, 5.41) is 4.12. The van der Waals surface area contributed by atoms with Gasteiger partial charge in [0.25, 0.3) is 0 Å². The summed E-state index contributed by atoms with van der Waals surface area (Å²) >= 11 is 0. The van der Waals surface area contributed by atoms with Gasteiger partial charge in [-0.3, -0.25) is 4.68 Å². The standard InChI is InChI=1S/C10H19N3O2S/c1-3-16(14,15)6-4-5-13-8-10(7-12-13)9(2)11/h7-9H,3-6,11H2,1-2H3. The van der Waals surface area contributed by atoms with E-state index >= 15 is 0 Å². The van der Waals surface area contributed by atoms with Gasteiger partial charge in [0.15, 0.2) is 0 Å². The third-order valence-electron chi connectivity index (χ3n) is 2.46. The Morgan fingerprint density at radius 1 is 1.56 bits per heavy atom. The zero-order chi connectivity index (χ0) is 12.2. The van der Waals surface area contributed by atoms with Crippen molar-refractivity contribution in [2.75, 3.05) is 11.5 Å². The van der Waals surface area contributed by atoms with Gasteiger partial charge in [0.2, 0.25) is 0 Å². The summed E-state index contributed by atoms with van der Waals surface area (Å²) in [5.41, 5.74) is 6.67. The van der Waals surface area contributed by atoms with E-state index in [1.54, 1.807) is 17.8 Å². The van der Waals surface area contributed by atoms with Crippen molar-refractivity contribution in [1.82, 2.24) is 9.78 Å². The molecule has 0 saturated heterocycles. The molecule has 0 spiro atoms. The zero-order valence-electron chi connectivity index (χ0n) is 9.76. The maximum atomic E-state index is 11.3. The van der Waals surface area contributed by atoms with Crippen LogP contribution < -0.4 is 5.73 Å². The third-order valence-corrected chi connectivity index (χ3v) is 4.25. The Bertz CT molecular complexity index is 423. The highest BCUT2D eigenvalue weighted by molar-refractivity contribution is 7.91. The van der Waals surface area contributed by atoms with Crippen LogP contribution in [0.15, 0.2) is 12.4 Å². The maximum absolute atomic E-state index is 11.3. The molecule has 0 aliphatic heterocycles. The van der Waals surface area contributed by atoms with Crippen molar-refractivity contribution in [2.24, 2.45) is 5.73 Å². The SMILES string of the molecule is CCS(=O)(=O)CCCn1cc(C(C)N)cn1. The highest BCUT2D eigenvalue weighted by atomic mass is 32.2. The van der Waals surface area contributed by atoms with Crippen molar-refractivity contribution in [1.29, 1.82) is 0 Å². The van der Waals surface area contributed by atoms with E-state index in [1.165, 1.54) is 0 Å². The van der Waals surface area contributed by atoms with Gasteiger partial charge in [0.05, 0.1) is 11.9 Å². The van der Waals surface area contributed by atoms with E-state index in [1.807, 2.05) is 13.1 Å². The molecule has 92 valence electrons. The first-order chi connectivity index (χ1) is 7.44. The second-order valence-electron chi connectivity index (χ2n) is 3.92. The fourth-order valence-corrected chi connectivity index (χ4v) is 2.19. The molecule has 0 aliphatic rings. The van der Waals surface area contributed by atoms with Crippen molar-refractivity contribution in [2.45, 2.75) is 32.9 Å². The number of aryl methyl sites for hydroxylation is 1. The maximum Gasteiger partial charge on any atom is 0.150 e. The summed E-state index contributed by atoms with van der Waals surface area (Å²) in [5.74, 6) is 0.425. The van der Waals surface area contributed by atoms with E-state index in [0.29, 0.717) is 13.0 Å². The molecule has 1 unspecified atom stereocenters. The van der Waals surface area contributed by atoms with E-state index in [9.17, 15) is 8.42 Å². The molecule has 0 aliphatic carbocycles. The van der Waals surface area contributed by atoms with Gasteiger partial charge in [-0.15, -0.1) is 0 Å². The Balaban J connectivity index is 2.43. The summed E-state index contributed by atoms with van der Waals surface area (Å²) in [7, 11) is -2.86. The molecule has 0 fully saturated rings. The van der Waals surface area contributed by atoms with E-state index in [2.05, 4.69) is 5.10 Å². The molecule has 16 heavy (non-hydrogen) atoms. The molecular weight excluding hydrogens is 226 g/mol. The molecule has 6 heteroatoms. The Hall–Kier alpha value is -0.880. The van der Waals surface area contributed by atoms with Crippen LogP contribution in [-0.4, -0.2) is 29.7 Å². The lowest BCUT2D eigenvalue weighted by Gasteiger charge is -2.02. The predicted molar refractivity (Wildman–Crippen MR) is 63.8 cm³/mol. The second kappa shape index (κ2) is 5.45. The Morgan fingerprint density at radius 2 is 2.25 bits per heavy atom. The minimum atomic E-state index is -2.86. The van der Waals surface area contributed by atoms with Crippen LogP contribution in [0.1, 0.15) is 31.9 Å². The minimum Gasteiger partial charge on any atom is -0.324 e. The summed E-state index contributed by atoms with van der Waals surface area (Å²) in [6.45, 7) is 4.17. The molecule has 1 aromatic heterocycles. The molecule has 2 N–H and O–H groups in total. The van der Waals surface area contributed by atoms with Gasteiger partial charge in [-0.1, -0.05) is 6.92 Å². The van der Waals surface area contributed by atoms with Crippen LogP contribution in [0.25, 0.3) is 0 Å². The molecular formula is C10H19N3O2S. The lowest BCUT2D eigenvalue weighted by molar-refractivity contribution is 0.573. The van der Waals surface area contributed by atoms with Crippen LogP contribution in [0.3, 0.4) is 0 Å². The molecule has 0 saturated carbocycles. The lowest BCUT2D eigenvalue weighted by Crippen LogP contribution is -2.11. The molecule has 1 heterocycles. The molecule has 0 radical (unpaired) electrons. The number of nitrogens with two attached hydrogens (primary N) is 1. The average Bonchev–Trinajstić information content (AvgIpc) is 2.66. The molecule has 1 aromatic rings. The van der Waals surface area contributed by atoms with Crippen molar-refractivity contribution in [3.63, 3.8) is 0 Å². The van der Waals surface area contributed by atoms with Gasteiger partial charge in [-0.05, 0) is 13.3 Å². The Labute approximate surface area is 96.6 Å². The first kappa shape index (κ1) is 13.2. The van der Waals surface area contributed by atoms with E-state index < -0.39 is 9.84 Å². The van der Waals surface area contributed by atoms with Gasteiger partial charge in [0, 0.05) is 30.1 Å². The fourth-order valence-electron chi connectivity index (χ4n) is 1.33. The highest BCUT2D eigenvalue weighted by Gasteiger charge is 2.07. The number of sulfone groups is 1. The topological polar surface area (TPSA) is 78.0 Å². The van der Waals surface area contributed by atoms with E-state index in [0.717, 1.165) is 5.56 Å². The van der Waals surface area contributed by atoms with Crippen LogP contribution in [0.5, 0.6) is 0 Å². The second-order valence-corrected chi connectivity index (χ2v) is 6.39. The van der Waals surface area contributed by atoms with Crippen LogP contribution >= 0.6 is 0 Å². The smallest absolute Gasteiger partial charge is 0.150 e. The van der Waals surface area contributed by atoms with E-state index in [-0.39, 0.29) is 17.5 Å². The Morgan fingerprint density at radius 3 is 2.75 bits per heavy atom. The number of hydrogen-bond acceptors (Lipinski definition) is 4. The third kappa shape index (κ3) is 3.94. The minimum absolute atomic E-state index is 0.0341. The van der Waals surface area contributed by atoms with Crippen LogP contribution in [-0.2, 0) is 16.4 Å². The molecule has 1 atom stereocenters. The van der Waals surface area contributed by atoms with Crippen molar-refractivity contribution in [3.8, 4) is 0 Å². The summed E-state index contributed by atoms with van der Waals surface area (Å²) < 4.78 is 24.2. The van der Waals surface area contributed by atoms with Gasteiger partial charge in [-0.2, -0.15) is 5.10 Å². The van der Waals surface area contributed by atoms with Gasteiger partial charge in [0.1, 0.15) is 9.84 Å². The van der Waals surface area contributed by atoms with Crippen molar-refractivity contribution < 1.29 is 8.42 Å². The fraction of sp³-hybridized carbons (Fsp3) is 0.700. The monoisotopic (exact) mass is 245 g/mol. The first-order valence-electron chi connectivity index (χ1n) is 5.43. The van der Waals surface area contributed by atoms with Crippen molar-refractivity contribution in [3.05, 3.63) is 18.0 Å². The number of rotatable bonds is 6. The largest absolute Gasteiger partial charge is 0.324 e. The van der Waals surface area contributed by atoms with Crippen LogP contribution in [0.4, 0.5) is 0 Å². The van der Waals surface area contributed by atoms with Gasteiger partial charge < -0.3 is 5.73 Å². The average molecular weight is 245 g/mol. The van der Waals surface area contributed by atoms with Crippen molar-refractivity contribution >= 4 is 9.84 Å². The number of aromatic nitrogens is 2. The van der Waals surface area contributed by atoms with Gasteiger partial charge in [-0.25, -0.2) is 8.42 Å². The quantitative estimate of drug-likeness (QED) is 0.801. The first-order valence-corrected chi connectivity index (χ1v) is 7.25. The number of hydrogen-bond donors (Lipinski definition) is 1. The van der Waals surface area contributed by atoms with E-state index in [4.69, 9.17) is 5.73 Å². The normalized spacial score (nSPS) is 13.9. The summed E-state index contributed by atoms with van der Waals surface area (Å²) in [6, 6.07) is -0.0341. The summed E-state index contributed by atoms with van der Waals surface area (Å²) in [4.78, 5) is 0. The summed E-state index contributed by atoms with van der Waals surface area (Å²) in [6.07, 6.45) is 4.18. The molecule has 5 nitrogen and oxygen atoms in total. The van der Waals surface area contributed by atoms with Gasteiger partial charge >= 0.3 is 0 Å². The lowest BCUT2D eigenvalue weighted by atomic mass is 10.2. The molecule has 0 aromatic carbocycles. The van der Waals surface area contributed by atoms with Crippen LogP contribution in [0.2, 0.25) is 0 Å². The zero-order valence-corrected chi connectivity index (χ0v) is 10.6. The predicted octanol–water partition coefficient (Wildman–Crippen LogP) is 0.728. The molecule has 0 bridgehead atoms. The highest BCUT2D eigenvalue weighted by Crippen LogP contribution is 2.07. The Kier molecular flexibility index (Phi) is 4.49. The van der Waals surface area contributed by atoms with Crippen LogP contribution in [0, 0.1) is 0 Å². The number of nitrogens with zero attached hydrogens (tertiary/aromatic N) is 2. The molecule has 0 amide bonds.